The Bertz CT molecular complexity index is 2140. The molecule has 8 rings (SSSR count). The Kier molecular flexibility index (Phi) is 13.6. The van der Waals surface area contributed by atoms with Gasteiger partial charge in [-0.3, -0.25) is 9.80 Å². The molecule has 1 unspecified atom stereocenters. The lowest BCUT2D eigenvalue weighted by atomic mass is 9.94. The number of ether oxygens (including phenoxy) is 3. The van der Waals surface area contributed by atoms with E-state index in [1.807, 2.05) is 50.2 Å². The average Bonchev–Trinajstić information content (AvgIpc) is 4.08. The number of aliphatic hydroxyl groups is 1. The molecule has 3 atom stereocenters. The Morgan fingerprint density at radius 3 is 2.20 bits per heavy atom. The number of carbonyl (C=O) groups is 1. The molecule has 3 fully saturated rings. The molecule has 2 N–H and O–H groups in total. The summed E-state index contributed by atoms with van der Waals surface area (Å²) in [6.45, 7) is 9.91. The van der Waals surface area contributed by atoms with E-state index in [9.17, 15) is 18.7 Å². The average molecular weight is 845 g/mol. The Morgan fingerprint density at radius 2 is 1.62 bits per heavy atom. The summed E-state index contributed by atoms with van der Waals surface area (Å²) in [4.78, 5) is 26.1. The zero-order valence-electron chi connectivity index (χ0n) is 34.8. The number of unbranched alkanes of at least 4 members (excludes halogenated alkanes) is 3. The molecule has 0 spiro atoms. The third kappa shape index (κ3) is 10.2. The highest BCUT2D eigenvalue weighted by atomic mass is 19.1. The minimum absolute atomic E-state index is 0.0251. The zero-order chi connectivity index (χ0) is 43.0. The molecule has 3 saturated heterocycles. The van der Waals surface area contributed by atoms with Gasteiger partial charge in [0.1, 0.15) is 42.2 Å². The summed E-state index contributed by atoms with van der Waals surface area (Å²) in [5.41, 5.74) is 0.737. The van der Waals surface area contributed by atoms with Crippen LogP contribution in [-0.2, 0) is 21.6 Å². The van der Waals surface area contributed by atoms with Crippen LogP contribution in [0.5, 0.6) is 5.75 Å². The zero-order valence-corrected chi connectivity index (χ0v) is 34.8. The minimum Gasteiger partial charge on any atom is -0.488 e. The van der Waals surface area contributed by atoms with Gasteiger partial charge >= 0.3 is 6.03 Å². The molecule has 0 aliphatic carbocycles. The van der Waals surface area contributed by atoms with Crippen molar-refractivity contribution >= 4 is 23.1 Å². The van der Waals surface area contributed by atoms with Crippen LogP contribution in [0.25, 0.3) is 0 Å². The van der Waals surface area contributed by atoms with Crippen LogP contribution in [0.15, 0.2) is 91.8 Å². The number of aromatic nitrogens is 6. The number of anilines is 3. The number of amides is 2. The molecule has 3 aliphatic heterocycles. The van der Waals surface area contributed by atoms with Crippen molar-refractivity contribution in [2.45, 2.75) is 83.1 Å². The second-order valence-corrected chi connectivity index (χ2v) is 15.8. The van der Waals surface area contributed by atoms with Crippen molar-refractivity contribution in [1.82, 2.24) is 34.8 Å². The topological polar surface area (TPSA) is 160 Å². The van der Waals surface area contributed by atoms with Crippen molar-refractivity contribution < 1.29 is 38.1 Å². The van der Waals surface area contributed by atoms with Crippen LogP contribution < -0.4 is 19.4 Å². The Balaban J connectivity index is 0.000000861. The van der Waals surface area contributed by atoms with Crippen molar-refractivity contribution in [3.8, 4) is 5.75 Å². The molecule has 3 aromatic carbocycles. The Morgan fingerprint density at radius 1 is 0.934 bits per heavy atom. The summed E-state index contributed by atoms with van der Waals surface area (Å²) in [7, 11) is 0. The van der Waals surface area contributed by atoms with Crippen LogP contribution in [0.2, 0.25) is 0 Å². The van der Waals surface area contributed by atoms with E-state index in [2.05, 4.69) is 49.3 Å². The molecule has 3 aliphatic rings. The van der Waals surface area contributed by atoms with Crippen molar-refractivity contribution in [3.05, 3.63) is 109 Å². The molecule has 0 bridgehead atoms. The van der Waals surface area contributed by atoms with Crippen molar-refractivity contribution in [2.24, 2.45) is 0 Å². The molecular formula is C43H54F2N10O6. The van der Waals surface area contributed by atoms with Gasteiger partial charge in [-0.25, -0.2) is 23.2 Å². The fourth-order valence-electron chi connectivity index (χ4n) is 8.20. The molecule has 0 radical (unpaired) electrons. The number of nitrogens with zero attached hydrogens (tertiary/aromatic N) is 10. The number of halogens is 2. The van der Waals surface area contributed by atoms with Gasteiger partial charge < -0.3 is 34.3 Å². The summed E-state index contributed by atoms with van der Waals surface area (Å²) >= 11 is 0. The van der Waals surface area contributed by atoms with Crippen molar-refractivity contribution in [3.63, 3.8) is 0 Å². The maximum Gasteiger partial charge on any atom is 0.327 e. The lowest BCUT2D eigenvalue weighted by Crippen LogP contribution is -2.50. The summed E-state index contributed by atoms with van der Waals surface area (Å²) in [6, 6.07) is 19.1. The maximum atomic E-state index is 15.0. The first kappa shape index (κ1) is 43.2. The molecule has 61 heavy (non-hydrogen) atoms. The quantitative estimate of drug-likeness (QED) is 0.0929. The summed E-state index contributed by atoms with van der Waals surface area (Å²) in [5, 5.41) is 30.4. The second kappa shape index (κ2) is 19.2. The number of hydrogen-bond donors (Lipinski definition) is 2. The first-order valence-corrected chi connectivity index (χ1v) is 20.8. The molecule has 2 aromatic heterocycles. The maximum absolute atomic E-state index is 15.0. The Hall–Kier alpha value is -5.85. The van der Waals surface area contributed by atoms with E-state index in [1.165, 1.54) is 41.9 Å². The molecule has 16 nitrogen and oxygen atoms in total. The van der Waals surface area contributed by atoms with Crippen LogP contribution in [0, 0.1) is 11.6 Å². The number of benzene rings is 3. The molecule has 5 aromatic rings. The molecule has 2 amide bonds. The molecule has 5 heterocycles. The number of rotatable bonds is 15. The van der Waals surface area contributed by atoms with E-state index >= 15 is 0 Å². The van der Waals surface area contributed by atoms with E-state index in [-0.39, 0.29) is 43.9 Å². The van der Waals surface area contributed by atoms with E-state index in [0.29, 0.717) is 17.0 Å². The van der Waals surface area contributed by atoms with E-state index in [0.717, 1.165) is 75.0 Å². The van der Waals surface area contributed by atoms with Gasteiger partial charge in [-0.15, -0.1) is 5.10 Å². The van der Waals surface area contributed by atoms with Crippen LogP contribution in [0.4, 0.5) is 30.6 Å². The standard InChI is InChI=1S/C41H51F2N7O5.C2H3N3O/c1-4-5-6-7-18-41(52)26-49(39(51)50(41)30(2)3)34-11-9-32(10-12-34)46-19-21-47(22-20-46)33-13-15-35(16-14-33)53-24-38-54-27-40(55-38,25-48-29-44-28-45-48)36-17-8-31(42)23-37(36)43;6-5-2-1-3-4-5/h8-17,23,28-30,38,52H,4-7,18-22,24-27H2,1-3H3;1-2,6H/t38-,40+,41?;/m0./s1. The summed E-state index contributed by atoms with van der Waals surface area (Å²) < 4.78 is 48.4. The second-order valence-electron chi connectivity index (χ2n) is 15.8. The Labute approximate surface area is 353 Å². The van der Waals surface area contributed by atoms with Crippen LogP contribution in [-0.4, -0.2) is 115 Å². The number of piperazine rings is 1. The lowest BCUT2D eigenvalue weighted by molar-refractivity contribution is -0.117. The molecule has 0 saturated carbocycles. The number of β-amino-alcohol motifs (C(OH)–C–C–N with tert-alkyl or cyclic N) is 1. The van der Waals surface area contributed by atoms with E-state index in [1.54, 1.807) is 9.80 Å². The first-order valence-electron chi connectivity index (χ1n) is 20.8. The van der Waals surface area contributed by atoms with Gasteiger partial charge in [0.05, 0.1) is 32.1 Å². The van der Waals surface area contributed by atoms with Crippen LogP contribution in [0.1, 0.15) is 58.4 Å². The van der Waals surface area contributed by atoms with Crippen LogP contribution in [0.3, 0.4) is 0 Å². The number of carbonyl (C=O) groups excluding carboxylic acids is 1. The van der Waals surface area contributed by atoms with Crippen molar-refractivity contribution in [2.75, 3.05) is 60.6 Å². The van der Waals surface area contributed by atoms with Crippen molar-refractivity contribution in [1.29, 1.82) is 0 Å². The van der Waals surface area contributed by atoms with Gasteiger partial charge in [0.25, 0.3) is 0 Å². The van der Waals surface area contributed by atoms with Gasteiger partial charge in [0, 0.05) is 60.9 Å². The van der Waals surface area contributed by atoms with Crippen LogP contribution >= 0.6 is 0 Å². The van der Waals surface area contributed by atoms with Gasteiger partial charge in [0.2, 0.25) is 0 Å². The number of hydrogen-bond acceptors (Lipinski definition) is 12. The monoisotopic (exact) mass is 844 g/mol. The third-order valence-electron chi connectivity index (χ3n) is 11.2. The molecule has 18 heteroatoms. The SMILES string of the molecule is CCCCCCC1(O)CN(c2ccc(N3CCN(c4ccc(OC[C@H]5OC[C@](Cn6cncn6)(c6ccc(F)cc6F)O5)cc4)CC3)cc2)C(=O)N1C(C)C.On1ccnn1. The fourth-order valence-corrected chi connectivity index (χ4v) is 8.20. The first-order chi connectivity index (χ1) is 29.5. The largest absolute Gasteiger partial charge is 0.488 e. The minimum atomic E-state index is -1.24. The fraction of sp³-hybridized carbons (Fsp3) is 0.465. The van der Waals surface area contributed by atoms with Gasteiger partial charge in [0.15, 0.2) is 12.0 Å². The predicted molar refractivity (Wildman–Crippen MR) is 222 cm³/mol. The van der Waals surface area contributed by atoms with E-state index in [4.69, 9.17) is 19.4 Å². The van der Waals surface area contributed by atoms with Gasteiger partial charge in [-0.05, 0) is 86.5 Å². The highest BCUT2D eigenvalue weighted by Crippen LogP contribution is 2.38. The molecule has 326 valence electrons. The highest BCUT2D eigenvalue weighted by Gasteiger charge is 2.50. The smallest absolute Gasteiger partial charge is 0.327 e. The number of urea groups is 1. The summed E-state index contributed by atoms with van der Waals surface area (Å²) in [5.74, 6) is -0.763. The normalized spacial score (nSPS) is 21.6. The van der Waals surface area contributed by atoms with Gasteiger partial charge in [-0.2, -0.15) is 5.10 Å². The van der Waals surface area contributed by atoms with E-state index < -0.39 is 29.3 Å². The van der Waals surface area contributed by atoms with Gasteiger partial charge in [-0.1, -0.05) is 37.1 Å². The summed E-state index contributed by atoms with van der Waals surface area (Å²) in [6.07, 6.45) is 9.59. The predicted octanol–water partition coefficient (Wildman–Crippen LogP) is 6.06. The lowest BCUT2D eigenvalue weighted by Gasteiger charge is -2.37. The molecular weight excluding hydrogens is 791 g/mol. The third-order valence-corrected chi connectivity index (χ3v) is 11.2. The highest BCUT2D eigenvalue weighted by molar-refractivity contribution is 5.95.